The lowest BCUT2D eigenvalue weighted by Crippen LogP contribution is -2.13. The fraction of sp³-hybridized carbons (Fsp3) is 0.314. The van der Waals surface area contributed by atoms with Crippen LogP contribution in [0.3, 0.4) is 0 Å². The van der Waals surface area contributed by atoms with Crippen LogP contribution in [0.4, 0.5) is 14.5 Å². The van der Waals surface area contributed by atoms with Crippen LogP contribution >= 0.6 is 11.6 Å². The van der Waals surface area contributed by atoms with Crippen molar-refractivity contribution in [2.24, 2.45) is 5.92 Å². The van der Waals surface area contributed by atoms with Gasteiger partial charge in [0, 0.05) is 34.8 Å². The summed E-state index contributed by atoms with van der Waals surface area (Å²) in [7, 11) is 0. The summed E-state index contributed by atoms with van der Waals surface area (Å²) in [6.07, 6.45) is 10.6. The van der Waals surface area contributed by atoms with Crippen molar-refractivity contribution in [2.45, 2.75) is 64.7 Å². The molecule has 0 bridgehead atoms. The van der Waals surface area contributed by atoms with Crippen LogP contribution < -0.4 is 5.32 Å². The first kappa shape index (κ1) is 27.4. The van der Waals surface area contributed by atoms with E-state index in [-0.39, 0.29) is 12.0 Å². The monoisotopic (exact) mass is 543 g/mol. The molecule has 1 unspecified atom stereocenters. The zero-order chi connectivity index (χ0) is 27.4. The van der Waals surface area contributed by atoms with E-state index in [1.165, 1.54) is 46.9 Å². The lowest BCUT2D eigenvalue weighted by atomic mass is 9.82. The van der Waals surface area contributed by atoms with E-state index < -0.39 is 5.92 Å². The van der Waals surface area contributed by atoms with E-state index in [2.05, 4.69) is 60.8 Å². The Kier molecular flexibility index (Phi) is 8.37. The lowest BCUT2D eigenvalue weighted by Gasteiger charge is -2.25. The number of alkyl halides is 2. The highest BCUT2D eigenvalue weighted by Gasteiger charge is 2.28. The fourth-order valence-electron chi connectivity index (χ4n) is 5.34. The van der Waals surface area contributed by atoms with Gasteiger partial charge in [0.1, 0.15) is 0 Å². The first-order valence-electron chi connectivity index (χ1n) is 14.1. The second-order valence-corrected chi connectivity index (χ2v) is 11.1. The summed E-state index contributed by atoms with van der Waals surface area (Å²) in [5.41, 5.74) is 9.82. The van der Waals surface area contributed by atoms with Crippen LogP contribution in [0.25, 0.3) is 11.1 Å². The molecular formula is C35H36ClF2N. The van der Waals surface area contributed by atoms with Gasteiger partial charge in [-0.1, -0.05) is 91.7 Å². The second kappa shape index (κ2) is 11.9. The van der Waals surface area contributed by atoms with E-state index in [4.69, 9.17) is 11.6 Å². The lowest BCUT2D eigenvalue weighted by molar-refractivity contribution is -0.00829. The Balaban J connectivity index is 1.36. The Hall–Kier alpha value is -3.17. The maximum atomic E-state index is 14.1. The standard InChI is InChI=1S/C35H36ClF2N/c1-3-24-10-21-32(33(22-24)27-11-17-30(36)18-12-27)26-13-19-31(20-14-26)39-34(28-6-5-7-28)23-25-8-15-29(16-9-25)35(37,38)4-2/h8-21,24,39H,3-7,22-23H2,1-2H3. The van der Waals surface area contributed by atoms with E-state index in [1.807, 2.05) is 24.3 Å². The van der Waals surface area contributed by atoms with Gasteiger partial charge in [0.15, 0.2) is 0 Å². The molecule has 0 spiro atoms. The third-order valence-electron chi connectivity index (χ3n) is 8.12. The zero-order valence-electron chi connectivity index (χ0n) is 22.7. The molecule has 0 amide bonds. The summed E-state index contributed by atoms with van der Waals surface area (Å²) < 4.78 is 28.1. The van der Waals surface area contributed by atoms with E-state index in [9.17, 15) is 8.78 Å². The topological polar surface area (TPSA) is 12.0 Å². The van der Waals surface area contributed by atoms with Crippen LogP contribution in [0.2, 0.25) is 5.02 Å². The minimum absolute atomic E-state index is 0.0874. The molecule has 1 N–H and O–H groups in total. The van der Waals surface area contributed by atoms with Gasteiger partial charge in [-0.25, -0.2) is 8.78 Å². The van der Waals surface area contributed by atoms with Crippen molar-refractivity contribution >= 4 is 28.4 Å². The van der Waals surface area contributed by atoms with Crippen molar-refractivity contribution in [2.75, 3.05) is 5.32 Å². The van der Waals surface area contributed by atoms with Gasteiger partial charge >= 0.3 is 0 Å². The quantitative estimate of drug-likeness (QED) is 0.283. The minimum Gasteiger partial charge on any atom is -0.359 e. The predicted molar refractivity (Wildman–Crippen MR) is 161 cm³/mol. The molecule has 1 nitrogen and oxygen atoms in total. The van der Waals surface area contributed by atoms with Crippen LogP contribution in [-0.4, -0.2) is 0 Å². The Morgan fingerprint density at radius 1 is 0.897 bits per heavy atom. The highest BCUT2D eigenvalue weighted by atomic mass is 35.5. The van der Waals surface area contributed by atoms with E-state index in [1.54, 1.807) is 12.1 Å². The molecule has 1 atom stereocenters. The first-order valence-corrected chi connectivity index (χ1v) is 14.5. The van der Waals surface area contributed by atoms with Crippen LogP contribution in [0.1, 0.15) is 74.6 Å². The average molecular weight is 544 g/mol. The van der Waals surface area contributed by atoms with Crippen LogP contribution in [0, 0.1) is 5.92 Å². The SMILES string of the molecule is CCC1C=CC(c2ccc(NC(Cc3ccc(C(F)(F)CC)cc3)=C3CCC3)cc2)=C(c2ccc(Cl)cc2)C1. The van der Waals surface area contributed by atoms with Crippen molar-refractivity contribution in [1.82, 2.24) is 0 Å². The number of rotatable bonds is 9. The molecule has 202 valence electrons. The maximum absolute atomic E-state index is 14.1. The minimum atomic E-state index is -2.78. The number of allylic oxidation sites excluding steroid dienone is 6. The summed E-state index contributed by atoms with van der Waals surface area (Å²) >= 11 is 6.17. The van der Waals surface area contributed by atoms with Gasteiger partial charge < -0.3 is 5.32 Å². The summed E-state index contributed by atoms with van der Waals surface area (Å²) in [5.74, 6) is -2.24. The van der Waals surface area contributed by atoms with Crippen LogP contribution in [0.5, 0.6) is 0 Å². The summed E-state index contributed by atoms with van der Waals surface area (Å²) in [5, 5.41) is 4.41. The molecule has 39 heavy (non-hydrogen) atoms. The Bertz CT molecular complexity index is 1370. The Morgan fingerprint density at radius 3 is 2.15 bits per heavy atom. The van der Waals surface area contributed by atoms with Gasteiger partial charge in [-0.05, 0) is 90.1 Å². The molecule has 1 fully saturated rings. The van der Waals surface area contributed by atoms with Gasteiger partial charge in [-0.2, -0.15) is 0 Å². The molecule has 0 aliphatic heterocycles. The molecule has 1 saturated carbocycles. The second-order valence-electron chi connectivity index (χ2n) is 10.7. The van der Waals surface area contributed by atoms with Crippen LogP contribution in [-0.2, 0) is 12.3 Å². The Morgan fingerprint density at radius 2 is 1.56 bits per heavy atom. The molecule has 2 aliphatic carbocycles. The molecule has 5 rings (SSSR count). The van der Waals surface area contributed by atoms with Gasteiger partial charge in [0.25, 0.3) is 5.92 Å². The summed E-state index contributed by atoms with van der Waals surface area (Å²) in [6, 6.07) is 23.7. The predicted octanol–water partition coefficient (Wildman–Crippen LogP) is 10.8. The van der Waals surface area contributed by atoms with Crippen molar-refractivity contribution < 1.29 is 8.78 Å². The van der Waals surface area contributed by atoms with Gasteiger partial charge in [-0.3, -0.25) is 0 Å². The summed E-state index contributed by atoms with van der Waals surface area (Å²) in [4.78, 5) is 0. The molecule has 4 heteroatoms. The summed E-state index contributed by atoms with van der Waals surface area (Å²) in [6.45, 7) is 3.76. The molecule has 0 heterocycles. The van der Waals surface area contributed by atoms with Gasteiger partial charge in [0.2, 0.25) is 0 Å². The van der Waals surface area contributed by atoms with Crippen molar-refractivity contribution in [3.8, 4) is 0 Å². The number of hydrogen-bond donors (Lipinski definition) is 1. The molecule has 0 saturated heterocycles. The third kappa shape index (κ3) is 6.36. The van der Waals surface area contributed by atoms with Crippen molar-refractivity contribution in [1.29, 1.82) is 0 Å². The zero-order valence-corrected chi connectivity index (χ0v) is 23.5. The van der Waals surface area contributed by atoms with Crippen molar-refractivity contribution in [3.63, 3.8) is 0 Å². The highest BCUT2D eigenvalue weighted by Crippen LogP contribution is 2.39. The number of hydrogen-bond acceptors (Lipinski definition) is 1. The molecular weight excluding hydrogens is 508 g/mol. The van der Waals surface area contributed by atoms with Crippen molar-refractivity contribution in [3.05, 3.63) is 123 Å². The van der Waals surface area contributed by atoms with E-state index in [0.717, 1.165) is 42.0 Å². The molecule has 0 radical (unpaired) electrons. The Labute approximate surface area is 236 Å². The number of benzene rings is 3. The van der Waals surface area contributed by atoms with Gasteiger partial charge in [-0.15, -0.1) is 0 Å². The fourth-order valence-corrected chi connectivity index (χ4v) is 5.47. The average Bonchev–Trinajstić information content (AvgIpc) is 2.93. The van der Waals surface area contributed by atoms with Gasteiger partial charge in [0.05, 0.1) is 0 Å². The van der Waals surface area contributed by atoms with E-state index in [0.29, 0.717) is 12.3 Å². The molecule has 0 aromatic heterocycles. The van der Waals surface area contributed by atoms with E-state index >= 15 is 0 Å². The molecule has 3 aromatic rings. The number of anilines is 1. The molecule has 3 aromatic carbocycles. The smallest absolute Gasteiger partial charge is 0.273 e. The maximum Gasteiger partial charge on any atom is 0.273 e. The number of halogens is 3. The normalized spacial score (nSPS) is 17.3. The first-order chi connectivity index (χ1) is 18.9. The highest BCUT2D eigenvalue weighted by molar-refractivity contribution is 6.30. The molecule has 2 aliphatic rings. The largest absolute Gasteiger partial charge is 0.359 e. The van der Waals surface area contributed by atoms with Crippen LogP contribution in [0.15, 0.2) is 96.2 Å². The number of nitrogens with one attached hydrogen (secondary N) is 1. The third-order valence-corrected chi connectivity index (χ3v) is 8.37.